The van der Waals surface area contributed by atoms with E-state index >= 15 is 0 Å². The van der Waals surface area contributed by atoms with Crippen molar-refractivity contribution in [1.29, 1.82) is 0 Å². The van der Waals surface area contributed by atoms with Crippen LogP contribution in [0.5, 0.6) is 0 Å². The molecule has 1 aliphatic carbocycles. The van der Waals surface area contributed by atoms with E-state index in [1.807, 2.05) is 43.3 Å². The van der Waals surface area contributed by atoms with Gasteiger partial charge in [0.2, 0.25) is 0 Å². The van der Waals surface area contributed by atoms with Crippen LogP contribution >= 0.6 is 0 Å². The summed E-state index contributed by atoms with van der Waals surface area (Å²) in [6.07, 6.45) is 3.36. The summed E-state index contributed by atoms with van der Waals surface area (Å²) in [7, 11) is 3.90. The van der Waals surface area contributed by atoms with Crippen LogP contribution in [0.4, 0.5) is 5.69 Å². The van der Waals surface area contributed by atoms with Crippen LogP contribution in [-0.4, -0.2) is 31.4 Å². The molecule has 1 fully saturated rings. The Kier molecular flexibility index (Phi) is 4.13. The van der Waals surface area contributed by atoms with Crippen molar-refractivity contribution >= 4 is 29.1 Å². The highest BCUT2D eigenvalue weighted by Crippen LogP contribution is 2.20. The number of hydrogen-bond donors (Lipinski definition) is 0. The van der Waals surface area contributed by atoms with Gasteiger partial charge >= 0.3 is 0 Å². The van der Waals surface area contributed by atoms with Crippen LogP contribution in [0.1, 0.15) is 18.4 Å². The minimum atomic E-state index is -1.06. The Morgan fingerprint density at radius 1 is 1.10 bits per heavy atom. The molecule has 0 atom stereocenters. The second-order valence-corrected chi connectivity index (χ2v) is 5.09. The Labute approximate surface area is 118 Å². The molecule has 0 heterocycles. The number of nitrogens with zero attached hydrogens (tertiary/aromatic N) is 1. The Bertz CT molecular complexity index is 554. The zero-order chi connectivity index (χ0) is 14.7. The van der Waals surface area contributed by atoms with Crippen molar-refractivity contribution in [2.45, 2.75) is 12.8 Å². The second kappa shape index (κ2) is 5.82. The third-order valence-electron chi connectivity index (χ3n) is 3.40. The second-order valence-electron chi connectivity index (χ2n) is 5.09. The van der Waals surface area contributed by atoms with Crippen molar-refractivity contribution in [1.82, 2.24) is 0 Å². The monoisotopic (exact) mass is 271 g/mol. The van der Waals surface area contributed by atoms with Gasteiger partial charge in [0, 0.05) is 32.6 Å². The zero-order valence-corrected chi connectivity index (χ0v) is 11.6. The van der Waals surface area contributed by atoms with Gasteiger partial charge in [-0.3, -0.25) is 14.4 Å². The van der Waals surface area contributed by atoms with Crippen molar-refractivity contribution in [3.63, 3.8) is 0 Å². The summed E-state index contributed by atoms with van der Waals surface area (Å²) in [4.78, 5) is 36.8. The van der Waals surface area contributed by atoms with Crippen LogP contribution in [0.15, 0.2) is 30.3 Å². The first kappa shape index (κ1) is 14.2. The molecule has 20 heavy (non-hydrogen) atoms. The SMILES string of the molecule is CN(C)c1ccc(C=CC(=O)C2C(=O)CCC2=O)cc1. The van der Waals surface area contributed by atoms with Crippen molar-refractivity contribution in [2.24, 2.45) is 5.92 Å². The van der Waals surface area contributed by atoms with Gasteiger partial charge in [-0.05, 0) is 23.8 Å². The topological polar surface area (TPSA) is 54.5 Å². The largest absolute Gasteiger partial charge is 0.378 e. The molecule has 1 aromatic rings. The molecule has 0 spiro atoms. The van der Waals surface area contributed by atoms with Gasteiger partial charge in [-0.1, -0.05) is 18.2 Å². The first-order valence-corrected chi connectivity index (χ1v) is 6.54. The first-order valence-electron chi connectivity index (χ1n) is 6.54. The van der Waals surface area contributed by atoms with Gasteiger partial charge in [0.25, 0.3) is 0 Å². The molecule has 0 saturated heterocycles. The summed E-state index contributed by atoms with van der Waals surface area (Å²) in [6, 6.07) is 7.65. The number of rotatable bonds is 4. The fourth-order valence-corrected chi connectivity index (χ4v) is 2.19. The average Bonchev–Trinajstić information content (AvgIpc) is 2.76. The van der Waals surface area contributed by atoms with Gasteiger partial charge < -0.3 is 4.90 Å². The summed E-state index contributed by atoms with van der Waals surface area (Å²) in [5.41, 5.74) is 1.93. The molecule has 4 heteroatoms. The van der Waals surface area contributed by atoms with Gasteiger partial charge in [-0.2, -0.15) is 0 Å². The van der Waals surface area contributed by atoms with E-state index in [0.717, 1.165) is 11.3 Å². The van der Waals surface area contributed by atoms with E-state index < -0.39 is 11.7 Å². The van der Waals surface area contributed by atoms with E-state index in [4.69, 9.17) is 0 Å². The highest BCUT2D eigenvalue weighted by Gasteiger charge is 2.37. The number of hydrogen-bond acceptors (Lipinski definition) is 4. The van der Waals surface area contributed by atoms with Crippen LogP contribution in [0.3, 0.4) is 0 Å². The molecule has 1 aromatic carbocycles. The Morgan fingerprint density at radius 3 is 2.15 bits per heavy atom. The summed E-state index contributed by atoms with van der Waals surface area (Å²) in [6.45, 7) is 0. The molecular formula is C16H17NO3. The van der Waals surface area contributed by atoms with Crippen LogP contribution in [0.2, 0.25) is 0 Å². The zero-order valence-electron chi connectivity index (χ0n) is 11.6. The van der Waals surface area contributed by atoms with E-state index in [2.05, 4.69) is 0 Å². The van der Waals surface area contributed by atoms with E-state index in [1.54, 1.807) is 6.08 Å². The van der Waals surface area contributed by atoms with E-state index in [9.17, 15) is 14.4 Å². The minimum Gasteiger partial charge on any atom is -0.378 e. The van der Waals surface area contributed by atoms with Crippen LogP contribution in [0, 0.1) is 5.92 Å². The predicted molar refractivity (Wildman–Crippen MR) is 77.5 cm³/mol. The third kappa shape index (κ3) is 3.02. The summed E-state index contributed by atoms with van der Waals surface area (Å²) in [5.74, 6) is -1.98. The Morgan fingerprint density at radius 2 is 1.65 bits per heavy atom. The first-order chi connectivity index (χ1) is 9.49. The van der Waals surface area contributed by atoms with Gasteiger partial charge in [0.1, 0.15) is 5.92 Å². The number of ketones is 3. The molecule has 0 bridgehead atoms. The number of carbonyl (C=O) groups is 3. The highest BCUT2D eigenvalue weighted by atomic mass is 16.2. The van der Waals surface area contributed by atoms with Gasteiger partial charge in [-0.15, -0.1) is 0 Å². The third-order valence-corrected chi connectivity index (χ3v) is 3.40. The molecule has 0 amide bonds. The molecule has 1 saturated carbocycles. The smallest absolute Gasteiger partial charge is 0.173 e. The molecule has 1 aliphatic rings. The van der Waals surface area contributed by atoms with E-state index in [-0.39, 0.29) is 24.4 Å². The number of Topliss-reactive ketones (excluding diaryl/α,β-unsaturated/α-hetero) is 2. The molecule has 0 N–H and O–H groups in total. The number of benzene rings is 1. The molecule has 0 aromatic heterocycles. The minimum absolute atomic E-state index is 0.195. The average molecular weight is 271 g/mol. The van der Waals surface area contributed by atoms with Crippen molar-refractivity contribution in [3.8, 4) is 0 Å². The van der Waals surface area contributed by atoms with E-state index in [1.165, 1.54) is 6.08 Å². The maximum absolute atomic E-state index is 11.9. The Hall–Kier alpha value is -2.23. The predicted octanol–water partition coefficient (Wildman–Crippen LogP) is 1.88. The number of anilines is 1. The lowest BCUT2D eigenvalue weighted by Gasteiger charge is -2.11. The van der Waals surface area contributed by atoms with Crippen molar-refractivity contribution in [2.75, 3.05) is 19.0 Å². The summed E-state index contributed by atoms with van der Waals surface area (Å²) < 4.78 is 0. The lowest BCUT2D eigenvalue weighted by atomic mass is 9.99. The standard InChI is InChI=1S/C16H17NO3/c1-17(2)12-6-3-11(4-7-12)5-8-13(18)16-14(19)9-10-15(16)20/h3-8,16H,9-10H2,1-2H3. The molecule has 104 valence electrons. The number of carbonyl (C=O) groups excluding carboxylic acids is 3. The van der Waals surface area contributed by atoms with Gasteiger partial charge in [0.05, 0.1) is 0 Å². The maximum atomic E-state index is 11.9. The van der Waals surface area contributed by atoms with Crippen LogP contribution in [0.25, 0.3) is 6.08 Å². The lowest BCUT2D eigenvalue weighted by molar-refractivity contribution is -0.133. The van der Waals surface area contributed by atoms with Gasteiger partial charge in [-0.25, -0.2) is 0 Å². The maximum Gasteiger partial charge on any atom is 0.173 e. The molecule has 2 rings (SSSR count). The molecule has 0 unspecified atom stereocenters. The van der Waals surface area contributed by atoms with Crippen LogP contribution < -0.4 is 4.90 Å². The molecular weight excluding hydrogens is 254 g/mol. The number of allylic oxidation sites excluding steroid dienone is 1. The highest BCUT2D eigenvalue weighted by molar-refractivity contribution is 6.26. The molecule has 0 radical (unpaired) electrons. The van der Waals surface area contributed by atoms with Crippen LogP contribution in [-0.2, 0) is 14.4 Å². The van der Waals surface area contributed by atoms with Crippen molar-refractivity contribution in [3.05, 3.63) is 35.9 Å². The molecule has 4 nitrogen and oxygen atoms in total. The fourth-order valence-electron chi connectivity index (χ4n) is 2.19. The normalized spacial score (nSPS) is 16.1. The molecule has 0 aliphatic heterocycles. The lowest BCUT2D eigenvalue weighted by Crippen LogP contribution is -2.23. The fraction of sp³-hybridized carbons (Fsp3) is 0.312. The quantitative estimate of drug-likeness (QED) is 0.620. The summed E-state index contributed by atoms with van der Waals surface area (Å²) in [5, 5.41) is 0. The Balaban J connectivity index is 2.07. The van der Waals surface area contributed by atoms with E-state index in [0.29, 0.717) is 0 Å². The summed E-state index contributed by atoms with van der Waals surface area (Å²) >= 11 is 0. The van der Waals surface area contributed by atoms with Crippen molar-refractivity contribution < 1.29 is 14.4 Å². The van der Waals surface area contributed by atoms with Gasteiger partial charge in [0.15, 0.2) is 17.3 Å².